The Labute approximate surface area is 88.7 Å². The van der Waals surface area contributed by atoms with Crippen LogP contribution in [0.25, 0.3) is 11.3 Å². The third kappa shape index (κ3) is 1.86. The second kappa shape index (κ2) is 4.17. The van der Waals surface area contributed by atoms with Crippen molar-refractivity contribution in [2.45, 2.75) is 13.3 Å². The number of methoxy groups -OCH3 is 1. The molecule has 0 aliphatic heterocycles. The Morgan fingerprint density at radius 2 is 2.20 bits per heavy atom. The van der Waals surface area contributed by atoms with Gasteiger partial charge in [0, 0.05) is 11.6 Å². The van der Waals surface area contributed by atoms with E-state index in [1.807, 2.05) is 18.2 Å². The second-order valence-corrected chi connectivity index (χ2v) is 3.26. The molecule has 0 saturated heterocycles. The number of rotatable bonds is 3. The zero-order chi connectivity index (χ0) is 10.7. The molecule has 3 heteroatoms. The Bertz CT molecular complexity index is 435. The van der Waals surface area contributed by atoms with Gasteiger partial charge in [-0.15, -0.1) is 0 Å². The van der Waals surface area contributed by atoms with E-state index in [0.717, 1.165) is 23.5 Å². The molecule has 78 valence electrons. The van der Waals surface area contributed by atoms with Crippen LogP contribution in [-0.4, -0.2) is 12.3 Å². The smallest absolute Gasteiger partial charge is 0.166 e. The molecule has 2 aromatic rings. The van der Waals surface area contributed by atoms with Crippen LogP contribution in [0.1, 0.15) is 12.5 Å². The van der Waals surface area contributed by atoms with Crippen LogP contribution >= 0.6 is 0 Å². The van der Waals surface area contributed by atoms with Crippen molar-refractivity contribution >= 4 is 0 Å². The van der Waals surface area contributed by atoms with Gasteiger partial charge in [0.15, 0.2) is 5.76 Å². The molecule has 2 rings (SSSR count). The van der Waals surface area contributed by atoms with Crippen LogP contribution < -0.4 is 4.74 Å². The molecule has 0 aliphatic rings. The highest BCUT2D eigenvalue weighted by Gasteiger charge is 2.06. The predicted molar refractivity (Wildman–Crippen MR) is 57.9 cm³/mol. The third-order valence-corrected chi connectivity index (χ3v) is 2.38. The molecule has 0 atom stereocenters. The lowest BCUT2D eigenvalue weighted by molar-refractivity contribution is 0.410. The maximum Gasteiger partial charge on any atom is 0.166 e. The van der Waals surface area contributed by atoms with E-state index in [1.165, 1.54) is 5.56 Å². The van der Waals surface area contributed by atoms with Gasteiger partial charge in [0.05, 0.1) is 13.3 Å². The Kier molecular flexibility index (Phi) is 2.72. The van der Waals surface area contributed by atoms with Crippen molar-refractivity contribution in [3.05, 3.63) is 36.0 Å². The molecule has 0 radical (unpaired) electrons. The van der Waals surface area contributed by atoms with Crippen LogP contribution in [0.4, 0.5) is 0 Å². The molecule has 0 saturated carbocycles. The molecule has 15 heavy (non-hydrogen) atoms. The number of ether oxygens (including phenoxy) is 1. The number of aromatic nitrogens is 1. The SMILES string of the molecule is CCc1cc(-c2ccno2)ccc1OC. The fourth-order valence-corrected chi connectivity index (χ4v) is 1.57. The van der Waals surface area contributed by atoms with Gasteiger partial charge in [-0.25, -0.2) is 0 Å². The van der Waals surface area contributed by atoms with Crippen molar-refractivity contribution in [1.29, 1.82) is 0 Å². The first-order valence-electron chi connectivity index (χ1n) is 4.93. The normalized spacial score (nSPS) is 10.3. The first-order valence-corrected chi connectivity index (χ1v) is 4.93. The molecular weight excluding hydrogens is 190 g/mol. The average Bonchev–Trinajstić information content (AvgIpc) is 2.81. The number of hydrogen-bond acceptors (Lipinski definition) is 3. The van der Waals surface area contributed by atoms with E-state index in [4.69, 9.17) is 9.26 Å². The molecule has 0 N–H and O–H groups in total. The van der Waals surface area contributed by atoms with Gasteiger partial charge < -0.3 is 9.26 Å². The summed E-state index contributed by atoms with van der Waals surface area (Å²) in [4.78, 5) is 0. The molecule has 0 aliphatic carbocycles. The van der Waals surface area contributed by atoms with Crippen molar-refractivity contribution in [3.8, 4) is 17.1 Å². The summed E-state index contributed by atoms with van der Waals surface area (Å²) in [7, 11) is 1.68. The van der Waals surface area contributed by atoms with Gasteiger partial charge in [-0.2, -0.15) is 0 Å². The minimum atomic E-state index is 0.785. The molecule has 1 aromatic heterocycles. The summed E-state index contributed by atoms with van der Waals surface area (Å²) in [5.74, 6) is 1.70. The van der Waals surface area contributed by atoms with Crippen LogP contribution in [0.15, 0.2) is 35.0 Å². The van der Waals surface area contributed by atoms with Gasteiger partial charge >= 0.3 is 0 Å². The van der Waals surface area contributed by atoms with E-state index in [-0.39, 0.29) is 0 Å². The van der Waals surface area contributed by atoms with E-state index in [2.05, 4.69) is 18.1 Å². The summed E-state index contributed by atoms with van der Waals surface area (Å²) in [6.45, 7) is 2.10. The largest absolute Gasteiger partial charge is 0.496 e. The second-order valence-electron chi connectivity index (χ2n) is 3.26. The summed E-state index contributed by atoms with van der Waals surface area (Å²) >= 11 is 0. The zero-order valence-corrected chi connectivity index (χ0v) is 8.86. The van der Waals surface area contributed by atoms with Crippen LogP contribution in [-0.2, 0) is 6.42 Å². The van der Waals surface area contributed by atoms with Gasteiger partial charge in [-0.3, -0.25) is 0 Å². The Morgan fingerprint density at radius 1 is 1.33 bits per heavy atom. The average molecular weight is 203 g/mol. The molecule has 1 aromatic carbocycles. The predicted octanol–water partition coefficient (Wildman–Crippen LogP) is 2.91. The highest BCUT2D eigenvalue weighted by atomic mass is 16.5. The molecule has 0 unspecified atom stereocenters. The fourth-order valence-electron chi connectivity index (χ4n) is 1.57. The van der Waals surface area contributed by atoms with Gasteiger partial charge in [0.2, 0.25) is 0 Å². The first-order chi connectivity index (χ1) is 7.35. The number of benzene rings is 1. The number of nitrogens with zero attached hydrogens (tertiary/aromatic N) is 1. The van der Waals surface area contributed by atoms with Crippen LogP contribution in [0.3, 0.4) is 0 Å². The van der Waals surface area contributed by atoms with E-state index in [9.17, 15) is 0 Å². The van der Waals surface area contributed by atoms with E-state index >= 15 is 0 Å². The number of aryl methyl sites for hydroxylation is 1. The lowest BCUT2D eigenvalue weighted by Crippen LogP contribution is -1.90. The molecule has 0 bridgehead atoms. The molecule has 1 heterocycles. The van der Waals surface area contributed by atoms with Gasteiger partial charge in [-0.1, -0.05) is 12.1 Å². The van der Waals surface area contributed by atoms with Crippen molar-refractivity contribution < 1.29 is 9.26 Å². The zero-order valence-electron chi connectivity index (χ0n) is 8.86. The van der Waals surface area contributed by atoms with Gasteiger partial charge in [0.1, 0.15) is 5.75 Å². The van der Waals surface area contributed by atoms with Crippen LogP contribution in [0, 0.1) is 0 Å². The standard InChI is InChI=1S/C12H13NO2/c1-3-9-8-10(4-5-11(9)14-2)12-6-7-13-15-12/h4-8H,3H2,1-2H3. The van der Waals surface area contributed by atoms with E-state index < -0.39 is 0 Å². The Balaban J connectivity index is 2.43. The monoisotopic (exact) mass is 203 g/mol. The van der Waals surface area contributed by atoms with E-state index in [0.29, 0.717) is 0 Å². The highest BCUT2D eigenvalue weighted by Crippen LogP contribution is 2.26. The maximum atomic E-state index is 5.26. The molecule has 3 nitrogen and oxygen atoms in total. The summed E-state index contributed by atoms with van der Waals surface area (Å²) in [5, 5.41) is 3.69. The summed E-state index contributed by atoms with van der Waals surface area (Å²) in [6.07, 6.45) is 2.58. The number of hydrogen-bond donors (Lipinski definition) is 0. The minimum Gasteiger partial charge on any atom is -0.496 e. The molecule has 0 amide bonds. The Hall–Kier alpha value is -1.77. The topological polar surface area (TPSA) is 35.3 Å². The highest BCUT2D eigenvalue weighted by molar-refractivity contribution is 5.60. The quantitative estimate of drug-likeness (QED) is 0.769. The minimum absolute atomic E-state index is 0.785. The maximum absolute atomic E-state index is 5.26. The van der Waals surface area contributed by atoms with Crippen molar-refractivity contribution in [3.63, 3.8) is 0 Å². The third-order valence-electron chi connectivity index (χ3n) is 2.38. The summed E-state index contributed by atoms with van der Waals surface area (Å²) in [5.41, 5.74) is 2.21. The lowest BCUT2D eigenvalue weighted by Gasteiger charge is -2.07. The van der Waals surface area contributed by atoms with Gasteiger partial charge in [0.25, 0.3) is 0 Å². The lowest BCUT2D eigenvalue weighted by atomic mass is 10.1. The molecule has 0 fully saturated rings. The van der Waals surface area contributed by atoms with Crippen LogP contribution in [0.2, 0.25) is 0 Å². The first kappa shape index (κ1) is 9.77. The molecular formula is C12H13NO2. The van der Waals surface area contributed by atoms with Gasteiger partial charge in [-0.05, 0) is 30.2 Å². The Morgan fingerprint density at radius 3 is 2.80 bits per heavy atom. The van der Waals surface area contributed by atoms with Crippen LogP contribution in [0.5, 0.6) is 5.75 Å². The fraction of sp³-hybridized carbons (Fsp3) is 0.250. The van der Waals surface area contributed by atoms with Crippen molar-refractivity contribution in [2.24, 2.45) is 0 Å². The summed E-state index contributed by atoms with van der Waals surface area (Å²) < 4.78 is 10.4. The van der Waals surface area contributed by atoms with Crippen molar-refractivity contribution in [1.82, 2.24) is 5.16 Å². The van der Waals surface area contributed by atoms with E-state index in [1.54, 1.807) is 13.3 Å². The summed E-state index contributed by atoms with van der Waals surface area (Å²) in [6, 6.07) is 7.84. The van der Waals surface area contributed by atoms with Crippen molar-refractivity contribution in [2.75, 3.05) is 7.11 Å². The molecule has 0 spiro atoms.